The lowest BCUT2D eigenvalue weighted by molar-refractivity contribution is 0.600. The summed E-state index contributed by atoms with van der Waals surface area (Å²) in [5, 5.41) is 0. The molecule has 96 valence electrons. The number of rotatable bonds is 6. The highest BCUT2D eigenvalue weighted by Gasteiger charge is 2.09. The number of hydrogen-bond donors (Lipinski definition) is 1. The standard InChI is InChI=1S/C13H21NO2S/c1-4-10-17(15,16)14-13-8-6-12(7-9-13)11(3)5-2/h6-9,11,14H,4-5,10H2,1-3H3/t11-/m1/s1. The number of sulfonamides is 1. The fourth-order valence-corrected chi connectivity index (χ4v) is 2.75. The number of anilines is 1. The Morgan fingerprint density at radius 3 is 2.24 bits per heavy atom. The van der Waals surface area contributed by atoms with E-state index in [1.807, 2.05) is 31.2 Å². The number of nitrogens with one attached hydrogen (secondary N) is 1. The molecule has 0 aliphatic carbocycles. The van der Waals surface area contributed by atoms with Crippen LogP contribution in [0, 0.1) is 0 Å². The van der Waals surface area contributed by atoms with Crippen LogP contribution in [-0.2, 0) is 10.0 Å². The molecule has 0 radical (unpaired) electrons. The Morgan fingerprint density at radius 1 is 1.18 bits per heavy atom. The van der Waals surface area contributed by atoms with Crippen LogP contribution >= 0.6 is 0 Å². The monoisotopic (exact) mass is 255 g/mol. The first-order valence-corrected chi connectivity index (χ1v) is 7.74. The van der Waals surface area contributed by atoms with Gasteiger partial charge in [0.05, 0.1) is 5.75 Å². The molecule has 0 unspecified atom stereocenters. The van der Waals surface area contributed by atoms with E-state index in [0.717, 1.165) is 6.42 Å². The fraction of sp³-hybridized carbons (Fsp3) is 0.538. The van der Waals surface area contributed by atoms with Crippen LogP contribution in [0.25, 0.3) is 0 Å². The van der Waals surface area contributed by atoms with Gasteiger partial charge in [-0.25, -0.2) is 8.42 Å². The zero-order chi connectivity index (χ0) is 12.9. The second kappa shape index (κ2) is 6.05. The lowest BCUT2D eigenvalue weighted by Crippen LogP contribution is -2.16. The second-order valence-electron chi connectivity index (χ2n) is 4.35. The summed E-state index contributed by atoms with van der Waals surface area (Å²) in [5.74, 6) is 0.677. The van der Waals surface area contributed by atoms with Gasteiger partial charge in [-0.2, -0.15) is 0 Å². The third kappa shape index (κ3) is 4.38. The molecule has 0 heterocycles. The van der Waals surface area contributed by atoms with Crippen molar-refractivity contribution < 1.29 is 8.42 Å². The topological polar surface area (TPSA) is 46.2 Å². The summed E-state index contributed by atoms with van der Waals surface area (Å²) in [4.78, 5) is 0. The van der Waals surface area contributed by atoms with Gasteiger partial charge in [-0.05, 0) is 36.5 Å². The molecule has 0 spiro atoms. The minimum atomic E-state index is -3.17. The van der Waals surface area contributed by atoms with Crippen LogP contribution in [0.5, 0.6) is 0 Å². The van der Waals surface area contributed by atoms with Crippen LogP contribution in [0.3, 0.4) is 0 Å². The zero-order valence-corrected chi connectivity index (χ0v) is 11.5. The van der Waals surface area contributed by atoms with Gasteiger partial charge in [0.2, 0.25) is 10.0 Å². The van der Waals surface area contributed by atoms with E-state index in [9.17, 15) is 8.42 Å². The van der Waals surface area contributed by atoms with E-state index in [0.29, 0.717) is 18.0 Å². The van der Waals surface area contributed by atoms with E-state index < -0.39 is 10.0 Å². The molecule has 1 aromatic rings. The average Bonchev–Trinajstić information content (AvgIpc) is 2.28. The molecule has 0 saturated heterocycles. The van der Waals surface area contributed by atoms with Crippen molar-refractivity contribution in [3.8, 4) is 0 Å². The van der Waals surface area contributed by atoms with Gasteiger partial charge < -0.3 is 0 Å². The van der Waals surface area contributed by atoms with Gasteiger partial charge in [-0.3, -0.25) is 4.72 Å². The SMILES string of the molecule is CCCS(=O)(=O)Nc1ccc([C@H](C)CC)cc1. The van der Waals surface area contributed by atoms with Gasteiger partial charge in [0.25, 0.3) is 0 Å². The predicted octanol–water partition coefficient (Wildman–Crippen LogP) is 3.35. The molecule has 0 bridgehead atoms. The van der Waals surface area contributed by atoms with Crippen molar-refractivity contribution >= 4 is 15.7 Å². The van der Waals surface area contributed by atoms with Gasteiger partial charge in [-0.1, -0.05) is 32.9 Å². The normalized spacial score (nSPS) is 13.4. The fourth-order valence-electron chi connectivity index (χ4n) is 1.61. The average molecular weight is 255 g/mol. The molecule has 17 heavy (non-hydrogen) atoms. The van der Waals surface area contributed by atoms with Gasteiger partial charge in [0.1, 0.15) is 0 Å². The maximum Gasteiger partial charge on any atom is 0.232 e. The van der Waals surface area contributed by atoms with Gasteiger partial charge >= 0.3 is 0 Å². The highest BCUT2D eigenvalue weighted by molar-refractivity contribution is 7.92. The summed E-state index contributed by atoms with van der Waals surface area (Å²) < 4.78 is 25.7. The van der Waals surface area contributed by atoms with Crippen LogP contribution in [0.4, 0.5) is 5.69 Å². The minimum Gasteiger partial charge on any atom is -0.284 e. The Hall–Kier alpha value is -1.03. The Labute approximate surface area is 104 Å². The molecular weight excluding hydrogens is 234 g/mol. The van der Waals surface area contributed by atoms with Crippen LogP contribution in [0.15, 0.2) is 24.3 Å². The van der Waals surface area contributed by atoms with E-state index in [-0.39, 0.29) is 5.75 Å². The van der Waals surface area contributed by atoms with Crippen molar-refractivity contribution in [2.75, 3.05) is 10.5 Å². The van der Waals surface area contributed by atoms with Crippen LogP contribution in [-0.4, -0.2) is 14.2 Å². The quantitative estimate of drug-likeness (QED) is 0.847. The van der Waals surface area contributed by atoms with Gasteiger partial charge in [0.15, 0.2) is 0 Å². The summed E-state index contributed by atoms with van der Waals surface area (Å²) in [6.45, 7) is 6.16. The zero-order valence-electron chi connectivity index (χ0n) is 10.7. The molecule has 0 aliphatic rings. The van der Waals surface area contributed by atoms with E-state index in [2.05, 4.69) is 18.6 Å². The number of benzene rings is 1. The van der Waals surface area contributed by atoms with E-state index in [1.165, 1.54) is 5.56 Å². The molecule has 1 aromatic carbocycles. The van der Waals surface area contributed by atoms with Crippen LogP contribution in [0.2, 0.25) is 0 Å². The molecule has 1 atom stereocenters. The van der Waals surface area contributed by atoms with Crippen LogP contribution in [0.1, 0.15) is 45.1 Å². The van der Waals surface area contributed by atoms with Crippen molar-refractivity contribution in [2.45, 2.75) is 39.5 Å². The van der Waals surface area contributed by atoms with Crippen molar-refractivity contribution in [3.05, 3.63) is 29.8 Å². The van der Waals surface area contributed by atoms with E-state index in [4.69, 9.17) is 0 Å². The molecule has 0 aromatic heterocycles. The van der Waals surface area contributed by atoms with Crippen molar-refractivity contribution in [1.29, 1.82) is 0 Å². The molecule has 0 fully saturated rings. The van der Waals surface area contributed by atoms with Gasteiger partial charge in [-0.15, -0.1) is 0 Å². The maximum absolute atomic E-state index is 11.6. The highest BCUT2D eigenvalue weighted by Crippen LogP contribution is 2.20. The van der Waals surface area contributed by atoms with E-state index in [1.54, 1.807) is 0 Å². The first kappa shape index (κ1) is 14.0. The first-order chi connectivity index (χ1) is 7.98. The third-order valence-electron chi connectivity index (χ3n) is 2.84. The predicted molar refractivity (Wildman–Crippen MR) is 72.8 cm³/mol. The Morgan fingerprint density at radius 2 is 1.76 bits per heavy atom. The summed E-state index contributed by atoms with van der Waals surface area (Å²) >= 11 is 0. The molecule has 1 rings (SSSR count). The van der Waals surface area contributed by atoms with E-state index >= 15 is 0 Å². The maximum atomic E-state index is 11.6. The third-order valence-corrected chi connectivity index (χ3v) is 4.33. The second-order valence-corrected chi connectivity index (χ2v) is 6.19. The first-order valence-electron chi connectivity index (χ1n) is 6.09. The summed E-state index contributed by atoms with van der Waals surface area (Å²) in [5.41, 5.74) is 1.89. The Bertz CT molecular complexity index is 437. The number of hydrogen-bond acceptors (Lipinski definition) is 2. The van der Waals surface area contributed by atoms with Crippen molar-refractivity contribution in [2.24, 2.45) is 0 Å². The Kier molecular flexibility index (Phi) is 5.00. The minimum absolute atomic E-state index is 0.167. The highest BCUT2D eigenvalue weighted by atomic mass is 32.2. The van der Waals surface area contributed by atoms with Crippen molar-refractivity contribution in [1.82, 2.24) is 0 Å². The van der Waals surface area contributed by atoms with Gasteiger partial charge in [0, 0.05) is 5.69 Å². The molecule has 4 heteroatoms. The summed E-state index contributed by atoms with van der Waals surface area (Å²) in [6, 6.07) is 7.62. The molecule has 0 aliphatic heterocycles. The van der Waals surface area contributed by atoms with Crippen molar-refractivity contribution in [3.63, 3.8) is 0 Å². The molecule has 3 nitrogen and oxygen atoms in total. The lowest BCUT2D eigenvalue weighted by atomic mass is 9.99. The van der Waals surface area contributed by atoms with Crippen LogP contribution < -0.4 is 4.72 Å². The molecular formula is C13H21NO2S. The summed E-state index contributed by atoms with van der Waals surface area (Å²) in [6.07, 6.45) is 1.71. The molecule has 0 saturated carbocycles. The molecule has 1 N–H and O–H groups in total. The lowest BCUT2D eigenvalue weighted by Gasteiger charge is -2.11. The molecule has 0 amide bonds. The Balaban J connectivity index is 2.75. The summed E-state index contributed by atoms with van der Waals surface area (Å²) in [7, 11) is -3.17. The smallest absolute Gasteiger partial charge is 0.232 e. The largest absolute Gasteiger partial charge is 0.284 e.